The highest BCUT2D eigenvalue weighted by atomic mass is 16.3. The predicted molar refractivity (Wildman–Crippen MR) is 278 cm³/mol. The van der Waals surface area contributed by atoms with Gasteiger partial charge in [-0.2, -0.15) is 0 Å². The molecule has 0 bridgehead atoms. The predicted octanol–water partition coefficient (Wildman–Crippen LogP) is 17.0. The summed E-state index contributed by atoms with van der Waals surface area (Å²) in [6.45, 7) is 0. The Morgan fingerprint density at radius 1 is 0.250 bits per heavy atom. The SMILES string of the molecule is c1ccc(-c2ccc(-c3nc(-c4cc(-c5ccccc5)cc(-c5cccc(-c6nc(-c7ccc(-c8ccccc8)cc7)c7oc8ccccc8c7n6)c5)c4)cc4c3oc3ccccc34)cc2)cc1. The summed E-state index contributed by atoms with van der Waals surface area (Å²) in [6.07, 6.45) is 0. The first-order valence-electron chi connectivity index (χ1n) is 22.8. The average molecular weight is 870 g/mol. The minimum atomic E-state index is 0.620. The van der Waals surface area contributed by atoms with Gasteiger partial charge in [0.2, 0.25) is 0 Å². The molecule has 318 valence electrons. The number of hydrogen-bond donors (Lipinski definition) is 0. The topological polar surface area (TPSA) is 65.0 Å². The fourth-order valence-electron chi connectivity index (χ4n) is 9.46. The van der Waals surface area contributed by atoms with E-state index in [0.29, 0.717) is 11.4 Å². The van der Waals surface area contributed by atoms with Gasteiger partial charge in [-0.1, -0.05) is 188 Å². The molecule has 5 nitrogen and oxygen atoms in total. The minimum absolute atomic E-state index is 0.620. The molecule has 0 fully saturated rings. The Labute approximate surface area is 392 Å². The third kappa shape index (κ3) is 7.02. The highest BCUT2D eigenvalue weighted by Crippen LogP contribution is 2.41. The van der Waals surface area contributed by atoms with E-state index in [4.69, 9.17) is 23.8 Å². The van der Waals surface area contributed by atoms with E-state index in [0.717, 1.165) is 117 Å². The molecule has 0 saturated heterocycles. The summed E-state index contributed by atoms with van der Waals surface area (Å²) in [5, 5.41) is 3.02. The summed E-state index contributed by atoms with van der Waals surface area (Å²) in [5.74, 6) is 0.620. The molecule has 0 atom stereocenters. The summed E-state index contributed by atoms with van der Waals surface area (Å²) in [5.41, 5.74) is 18.9. The number of rotatable bonds is 8. The van der Waals surface area contributed by atoms with Crippen LogP contribution in [0.2, 0.25) is 0 Å². The van der Waals surface area contributed by atoms with Crippen LogP contribution in [0.5, 0.6) is 0 Å². The molecule has 0 unspecified atom stereocenters. The van der Waals surface area contributed by atoms with E-state index in [1.807, 2.05) is 42.5 Å². The highest BCUT2D eigenvalue weighted by Gasteiger charge is 2.21. The molecule has 0 amide bonds. The lowest BCUT2D eigenvalue weighted by Crippen LogP contribution is -1.95. The first kappa shape index (κ1) is 39.2. The Morgan fingerprint density at radius 3 is 1.31 bits per heavy atom. The Balaban J connectivity index is 0.962. The van der Waals surface area contributed by atoms with Crippen LogP contribution in [0.4, 0.5) is 0 Å². The summed E-state index contributed by atoms with van der Waals surface area (Å²) < 4.78 is 13.1. The fraction of sp³-hybridized carbons (Fsp3) is 0. The molecule has 4 aromatic heterocycles. The number of hydrogen-bond acceptors (Lipinski definition) is 5. The Morgan fingerprint density at radius 2 is 0.676 bits per heavy atom. The van der Waals surface area contributed by atoms with Gasteiger partial charge in [-0.3, -0.25) is 0 Å². The average Bonchev–Trinajstić information content (AvgIpc) is 4.00. The summed E-state index contributed by atoms with van der Waals surface area (Å²) >= 11 is 0. The van der Waals surface area contributed by atoms with Gasteiger partial charge in [-0.25, -0.2) is 15.0 Å². The van der Waals surface area contributed by atoms with Gasteiger partial charge in [-0.05, 0) is 93.0 Å². The van der Waals surface area contributed by atoms with Crippen LogP contribution in [0.1, 0.15) is 0 Å². The van der Waals surface area contributed by atoms with Crippen LogP contribution in [0.3, 0.4) is 0 Å². The molecule has 0 aliphatic carbocycles. The lowest BCUT2D eigenvalue weighted by Gasteiger charge is -2.13. The zero-order chi connectivity index (χ0) is 45.0. The molecule has 4 heterocycles. The Hall–Kier alpha value is -9.19. The van der Waals surface area contributed by atoms with E-state index in [2.05, 4.69) is 194 Å². The van der Waals surface area contributed by atoms with Crippen LogP contribution in [0.25, 0.3) is 134 Å². The van der Waals surface area contributed by atoms with Crippen molar-refractivity contribution < 1.29 is 8.83 Å². The van der Waals surface area contributed by atoms with Gasteiger partial charge >= 0.3 is 0 Å². The van der Waals surface area contributed by atoms with Gasteiger partial charge < -0.3 is 8.83 Å². The van der Waals surface area contributed by atoms with Gasteiger partial charge in [0.05, 0.1) is 5.69 Å². The maximum absolute atomic E-state index is 6.61. The number of benzene rings is 9. The van der Waals surface area contributed by atoms with E-state index in [-0.39, 0.29) is 0 Å². The minimum Gasteiger partial charge on any atom is -0.454 e. The van der Waals surface area contributed by atoms with E-state index in [1.54, 1.807) is 0 Å². The summed E-state index contributed by atoms with van der Waals surface area (Å²) in [7, 11) is 0. The van der Waals surface area contributed by atoms with Gasteiger partial charge in [0, 0.05) is 38.4 Å². The zero-order valence-electron chi connectivity index (χ0n) is 36.7. The summed E-state index contributed by atoms with van der Waals surface area (Å²) in [6, 6.07) is 82.3. The molecular weight excluding hydrogens is 831 g/mol. The first-order chi connectivity index (χ1) is 33.7. The van der Waals surface area contributed by atoms with Crippen molar-refractivity contribution in [1.29, 1.82) is 0 Å². The zero-order valence-corrected chi connectivity index (χ0v) is 36.7. The number of aromatic nitrogens is 3. The van der Waals surface area contributed by atoms with Crippen LogP contribution in [-0.4, -0.2) is 15.0 Å². The molecule has 0 saturated carbocycles. The molecule has 0 N–H and O–H groups in total. The third-order valence-electron chi connectivity index (χ3n) is 12.9. The van der Waals surface area contributed by atoms with Crippen LogP contribution in [0.15, 0.2) is 245 Å². The first-order valence-corrected chi connectivity index (χ1v) is 22.8. The van der Waals surface area contributed by atoms with Crippen molar-refractivity contribution >= 4 is 44.0 Å². The second kappa shape index (κ2) is 16.4. The monoisotopic (exact) mass is 869 g/mol. The largest absolute Gasteiger partial charge is 0.454 e. The molecular formula is C63H39N3O2. The van der Waals surface area contributed by atoms with Gasteiger partial charge in [-0.15, -0.1) is 0 Å². The second-order valence-electron chi connectivity index (χ2n) is 17.1. The van der Waals surface area contributed by atoms with Crippen molar-refractivity contribution in [1.82, 2.24) is 15.0 Å². The lowest BCUT2D eigenvalue weighted by atomic mass is 9.93. The van der Waals surface area contributed by atoms with Crippen molar-refractivity contribution in [2.75, 3.05) is 0 Å². The standard InChI is InChI=1S/C63H39N3O2/c1-4-15-40(16-5-1)43-27-31-45(32-28-43)58-61-54(52-23-10-12-25-56(52)67-61)39-55(64-58)51-37-49(42-19-8-3-9-20-42)36-50(38-51)47-21-14-22-48(35-47)63-65-59(62-60(66-63)53-24-11-13-26-57(53)68-62)46-33-29-44(30-34-46)41-17-6-2-7-18-41/h1-39H. The molecule has 5 heteroatoms. The van der Waals surface area contributed by atoms with Crippen molar-refractivity contribution in [3.63, 3.8) is 0 Å². The highest BCUT2D eigenvalue weighted by molar-refractivity contribution is 6.10. The van der Waals surface area contributed by atoms with Crippen LogP contribution in [0, 0.1) is 0 Å². The van der Waals surface area contributed by atoms with Gasteiger partial charge in [0.15, 0.2) is 17.0 Å². The molecule has 0 spiro atoms. The number of fused-ring (bicyclic) bond motifs is 6. The summed E-state index contributed by atoms with van der Waals surface area (Å²) in [4.78, 5) is 16.0. The van der Waals surface area contributed by atoms with Crippen molar-refractivity contribution in [3.8, 4) is 89.7 Å². The van der Waals surface area contributed by atoms with E-state index < -0.39 is 0 Å². The van der Waals surface area contributed by atoms with Crippen LogP contribution < -0.4 is 0 Å². The maximum Gasteiger partial charge on any atom is 0.180 e. The smallest absolute Gasteiger partial charge is 0.180 e. The van der Waals surface area contributed by atoms with E-state index in [1.165, 1.54) is 5.56 Å². The van der Waals surface area contributed by atoms with Crippen molar-refractivity contribution in [3.05, 3.63) is 237 Å². The molecule has 68 heavy (non-hydrogen) atoms. The van der Waals surface area contributed by atoms with E-state index in [9.17, 15) is 0 Å². The number of para-hydroxylation sites is 2. The maximum atomic E-state index is 6.61. The molecule has 0 radical (unpaired) electrons. The van der Waals surface area contributed by atoms with E-state index >= 15 is 0 Å². The second-order valence-corrected chi connectivity index (χ2v) is 17.1. The van der Waals surface area contributed by atoms with Crippen molar-refractivity contribution in [2.24, 2.45) is 0 Å². The number of nitrogens with zero attached hydrogens (tertiary/aromatic N) is 3. The van der Waals surface area contributed by atoms with Gasteiger partial charge in [0.1, 0.15) is 28.1 Å². The lowest BCUT2D eigenvalue weighted by molar-refractivity contribution is 0.667. The van der Waals surface area contributed by atoms with Crippen molar-refractivity contribution in [2.45, 2.75) is 0 Å². The van der Waals surface area contributed by atoms with Crippen LogP contribution in [-0.2, 0) is 0 Å². The fourth-order valence-corrected chi connectivity index (χ4v) is 9.46. The Bertz CT molecular complexity index is 3990. The molecule has 0 aliphatic rings. The quantitative estimate of drug-likeness (QED) is 0.152. The molecule has 13 rings (SSSR count). The molecule has 9 aromatic carbocycles. The Kier molecular flexibility index (Phi) is 9.43. The molecule has 13 aromatic rings. The number of pyridine rings is 1. The van der Waals surface area contributed by atoms with Crippen LogP contribution >= 0.6 is 0 Å². The van der Waals surface area contributed by atoms with Gasteiger partial charge in [0.25, 0.3) is 0 Å². The number of furan rings is 2. The third-order valence-corrected chi connectivity index (χ3v) is 12.9. The molecule has 0 aliphatic heterocycles. The normalized spacial score (nSPS) is 11.5.